The standard InChI is InChI=1S/C14H21N7/c1-5-16-12-18-13(20-14(19-12)21(3)4)17-9-11-6-7-15-8-10(11)2/h6-8H,5,9H2,1-4H3,(H2,16,17,18,19,20). The van der Waals surface area contributed by atoms with E-state index in [9.17, 15) is 0 Å². The summed E-state index contributed by atoms with van der Waals surface area (Å²) in [5.74, 6) is 1.75. The van der Waals surface area contributed by atoms with Crippen LogP contribution in [0.3, 0.4) is 0 Å². The van der Waals surface area contributed by atoms with Gasteiger partial charge in [-0.1, -0.05) is 0 Å². The molecule has 7 heteroatoms. The number of aromatic nitrogens is 4. The van der Waals surface area contributed by atoms with Crippen LogP contribution in [0, 0.1) is 6.92 Å². The predicted molar refractivity (Wildman–Crippen MR) is 84.6 cm³/mol. The molecule has 0 unspecified atom stereocenters. The number of hydrogen-bond acceptors (Lipinski definition) is 7. The van der Waals surface area contributed by atoms with Crippen LogP contribution in [0.15, 0.2) is 18.5 Å². The second-order valence-electron chi connectivity index (χ2n) is 4.86. The fraction of sp³-hybridized carbons (Fsp3) is 0.429. The molecule has 7 nitrogen and oxygen atoms in total. The molecule has 0 saturated carbocycles. The number of nitrogens with one attached hydrogen (secondary N) is 2. The Bertz CT molecular complexity index is 598. The summed E-state index contributed by atoms with van der Waals surface area (Å²) in [6, 6.07) is 1.99. The first kappa shape index (κ1) is 15.0. The number of rotatable bonds is 6. The zero-order chi connectivity index (χ0) is 15.2. The third-order valence-corrected chi connectivity index (χ3v) is 2.93. The van der Waals surface area contributed by atoms with Gasteiger partial charge in [-0.3, -0.25) is 4.98 Å². The molecule has 0 aromatic carbocycles. The number of aryl methyl sites for hydroxylation is 1. The van der Waals surface area contributed by atoms with Crippen LogP contribution >= 0.6 is 0 Å². The smallest absolute Gasteiger partial charge is 0.231 e. The van der Waals surface area contributed by atoms with Gasteiger partial charge < -0.3 is 15.5 Å². The first-order valence-corrected chi connectivity index (χ1v) is 6.90. The summed E-state index contributed by atoms with van der Waals surface area (Å²) in [6.45, 7) is 5.45. The molecule has 0 aliphatic carbocycles. The lowest BCUT2D eigenvalue weighted by molar-refractivity contribution is 0.934. The van der Waals surface area contributed by atoms with Crippen molar-refractivity contribution in [1.29, 1.82) is 0 Å². The fourth-order valence-electron chi connectivity index (χ4n) is 1.76. The Balaban J connectivity index is 2.17. The van der Waals surface area contributed by atoms with Crippen molar-refractivity contribution in [1.82, 2.24) is 19.9 Å². The summed E-state index contributed by atoms with van der Waals surface area (Å²) in [5.41, 5.74) is 2.31. The molecule has 0 amide bonds. The van der Waals surface area contributed by atoms with E-state index in [4.69, 9.17) is 0 Å². The van der Waals surface area contributed by atoms with Gasteiger partial charge in [0, 0.05) is 39.6 Å². The first-order valence-electron chi connectivity index (χ1n) is 6.90. The van der Waals surface area contributed by atoms with Gasteiger partial charge in [0.1, 0.15) is 0 Å². The summed E-state index contributed by atoms with van der Waals surface area (Å²) >= 11 is 0. The van der Waals surface area contributed by atoms with Crippen molar-refractivity contribution in [2.75, 3.05) is 36.2 Å². The fourth-order valence-corrected chi connectivity index (χ4v) is 1.76. The van der Waals surface area contributed by atoms with Crippen LogP contribution in [-0.2, 0) is 6.54 Å². The van der Waals surface area contributed by atoms with Gasteiger partial charge in [-0.25, -0.2) is 0 Å². The van der Waals surface area contributed by atoms with Gasteiger partial charge in [0.2, 0.25) is 17.8 Å². The highest BCUT2D eigenvalue weighted by Crippen LogP contribution is 2.13. The maximum absolute atomic E-state index is 4.40. The average molecular weight is 287 g/mol. The third-order valence-electron chi connectivity index (χ3n) is 2.93. The van der Waals surface area contributed by atoms with Crippen molar-refractivity contribution in [3.63, 3.8) is 0 Å². The average Bonchev–Trinajstić information content (AvgIpc) is 2.46. The number of hydrogen-bond donors (Lipinski definition) is 2. The van der Waals surface area contributed by atoms with E-state index in [2.05, 4.69) is 30.6 Å². The second-order valence-corrected chi connectivity index (χ2v) is 4.86. The van der Waals surface area contributed by atoms with E-state index < -0.39 is 0 Å². The minimum Gasteiger partial charge on any atom is -0.354 e. The van der Waals surface area contributed by atoms with Gasteiger partial charge in [0.15, 0.2) is 0 Å². The van der Waals surface area contributed by atoms with Gasteiger partial charge in [-0.2, -0.15) is 15.0 Å². The van der Waals surface area contributed by atoms with E-state index in [0.29, 0.717) is 24.4 Å². The van der Waals surface area contributed by atoms with Gasteiger partial charge in [0.25, 0.3) is 0 Å². The largest absolute Gasteiger partial charge is 0.354 e. The summed E-state index contributed by atoms with van der Waals surface area (Å²) in [5, 5.41) is 6.35. The minimum atomic E-state index is 0.556. The molecule has 2 N–H and O–H groups in total. The molecule has 0 spiro atoms. The molecule has 0 fully saturated rings. The first-order chi connectivity index (χ1) is 10.1. The van der Waals surface area contributed by atoms with Crippen molar-refractivity contribution < 1.29 is 0 Å². The highest BCUT2D eigenvalue weighted by atomic mass is 15.3. The van der Waals surface area contributed by atoms with E-state index in [1.807, 2.05) is 45.1 Å². The van der Waals surface area contributed by atoms with Crippen LogP contribution in [0.1, 0.15) is 18.1 Å². The molecule has 0 aliphatic rings. The van der Waals surface area contributed by atoms with Crippen LogP contribution in [0.2, 0.25) is 0 Å². The summed E-state index contributed by atoms with van der Waals surface area (Å²) < 4.78 is 0. The van der Waals surface area contributed by atoms with Crippen LogP contribution in [-0.4, -0.2) is 40.6 Å². The molecule has 0 bridgehead atoms. The molecular weight excluding hydrogens is 266 g/mol. The maximum Gasteiger partial charge on any atom is 0.231 e. The van der Waals surface area contributed by atoms with Crippen molar-refractivity contribution >= 4 is 17.8 Å². The topological polar surface area (TPSA) is 78.9 Å². The molecule has 21 heavy (non-hydrogen) atoms. The van der Waals surface area contributed by atoms with Crippen molar-refractivity contribution in [2.24, 2.45) is 0 Å². The van der Waals surface area contributed by atoms with Gasteiger partial charge in [-0.05, 0) is 31.0 Å². The lowest BCUT2D eigenvalue weighted by Gasteiger charge is -2.14. The lowest BCUT2D eigenvalue weighted by atomic mass is 10.1. The van der Waals surface area contributed by atoms with E-state index in [1.165, 1.54) is 5.56 Å². The quantitative estimate of drug-likeness (QED) is 0.837. The van der Waals surface area contributed by atoms with Gasteiger partial charge in [-0.15, -0.1) is 0 Å². The Hall–Kier alpha value is -2.44. The number of nitrogens with zero attached hydrogens (tertiary/aromatic N) is 5. The Labute approximate surface area is 124 Å². The van der Waals surface area contributed by atoms with Crippen molar-refractivity contribution in [3.8, 4) is 0 Å². The van der Waals surface area contributed by atoms with E-state index in [1.54, 1.807) is 6.20 Å². The molecular formula is C14H21N7. The van der Waals surface area contributed by atoms with Crippen LogP contribution in [0.4, 0.5) is 17.8 Å². The Kier molecular flexibility index (Phi) is 4.86. The molecule has 0 atom stereocenters. The van der Waals surface area contributed by atoms with Gasteiger partial charge in [0.05, 0.1) is 0 Å². The number of anilines is 3. The molecule has 2 rings (SSSR count). The minimum absolute atomic E-state index is 0.556. The predicted octanol–water partition coefficient (Wildman–Crippen LogP) is 1.68. The molecule has 2 aromatic heterocycles. The zero-order valence-corrected chi connectivity index (χ0v) is 12.9. The summed E-state index contributed by atoms with van der Waals surface area (Å²) in [7, 11) is 3.81. The van der Waals surface area contributed by atoms with Crippen LogP contribution in [0.5, 0.6) is 0 Å². The highest BCUT2D eigenvalue weighted by molar-refractivity contribution is 5.43. The summed E-state index contributed by atoms with van der Waals surface area (Å²) in [4.78, 5) is 19.0. The maximum atomic E-state index is 4.40. The Morgan fingerprint density at radius 2 is 1.81 bits per heavy atom. The zero-order valence-electron chi connectivity index (χ0n) is 12.9. The van der Waals surface area contributed by atoms with Crippen LogP contribution in [0.25, 0.3) is 0 Å². The molecule has 0 aliphatic heterocycles. The molecule has 0 radical (unpaired) electrons. The molecule has 2 aromatic rings. The monoisotopic (exact) mass is 287 g/mol. The Morgan fingerprint density at radius 3 is 2.43 bits per heavy atom. The Morgan fingerprint density at radius 1 is 1.10 bits per heavy atom. The summed E-state index contributed by atoms with van der Waals surface area (Å²) in [6.07, 6.45) is 3.63. The van der Waals surface area contributed by atoms with Crippen molar-refractivity contribution in [3.05, 3.63) is 29.6 Å². The number of pyridine rings is 1. The van der Waals surface area contributed by atoms with Crippen LogP contribution < -0.4 is 15.5 Å². The third kappa shape index (κ3) is 4.01. The SMILES string of the molecule is CCNc1nc(NCc2ccncc2C)nc(N(C)C)n1. The second kappa shape index (κ2) is 6.83. The van der Waals surface area contributed by atoms with E-state index in [0.717, 1.165) is 12.1 Å². The molecule has 112 valence electrons. The van der Waals surface area contributed by atoms with Gasteiger partial charge >= 0.3 is 0 Å². The molecule has 2 heterocycles. The highest BCUT2D eigenvalue weighted by Gasteiger charge is 2.08. The van der Waals surface area contributed by atoms with E-state index in [-0.39, 0.29) is 0 Å². The van der Waals surface area contributed by atoms with Crippen molar-refractivity contribution in [2.45, 2.75) is 20.4 Å². The molecule has 0 saturated heterocycles. The normalized spacial score (nSPS) is 10.3. The van der Waals surface area contributed by atoms with E-state index >= 15 is 0 Å². The lowest BCUT2D eigenvalue weighted by Crippen LogP contribution is -2.17.